The molecular formula is C15H11F2NO5S. The third-order valence-corrected chi connectivity index (χ3v) is 4.35. The topological polar surface area (TPSA) is 81.7 Å². The van der Waals surface area contributed by atoms with Crippen molar-refractivity contribution in [2.24, 2.45) is 0 Å². The number of halogens is 2. The van der Waals surface area contributed by atoms with Gasteiger partial charge in [-0.15, -0.1) is 8.78 Å². The molecule has 126 valence electrons. The first-order chi connectivity index (χ1) is 11.2. The second-order valence-electron chi connectivity index (χ2n) is 5.05. The summed E-state index contributed by atoms with van der Waals surface area (Å²) >= 11 is 0. The van der Waals surface area contributed by atoms with Gasteiger partial charge in [0.15, 0.2) is 21.3 Å². The van der Waals surface area contributed by atoms with E-state index in [1.165, 1.54) is 36.4 Å². The highest BCUT2D eigenvalue weighted by molar-refractivity contribution is 7.90. The van der Waals surface area contributed by atoms with E-state index in [4.69, 9.17) is 0 Å². The van der Waals surface area contributed by atoms with Crippen molar-refractivity contribution in [3.8, 4) is 11.5 Å². The first-order valence-electron chi connectivity index (χ1n) is 6.66. The number of anilines is 1. The van der Waals surface area contributed by atoms with Crippen LogP contribution in [-0.2, 0) is 9.84 Å². The van der Waals surface area contributed by atoms with Crippen LogP contribution < -0.4 is 14.8 Å². The Labute approximate surface area is 135 Å². The molecule has 1 aliphatic rings. The Morgan fingerprint density at radius 1 is 1.08 bits per heavy atom. The second kappa shape index (κ2) is 5.45. The molecule has 24 heavy (non-hydrogen) atoms. The van der Waals surface area contributed by atoms with Crippen LogP contribution in [0.4, 0.5) is 14.5 Å². The van der Waals surface area contributed by atoms with Gasteiger partial charge in [-0.05, 0) is 24.3 Å². The van der Waals surface area contributed by atoms with Gasteiger partial charge < -0.3 is 14.8 Å². The summed E-state index contributed by atoms with van der Waals surface area (Å²) in [4.78, 5) is 12.2. The van der Waals surface area contributed by atoms with Crippen LogP contribution >= 0.6 is 0 Å². The van der Waals surface area contributed by atoms with Gasteiger partial charge in [0.25, 0.3) is 5.91 Å². The molecule has 9 heteroatoms. The van der Waals surface area contributed by atoms with Crippen molar-refractivity contribution < 1.29 is 31.5 Å². The SMILES string of the molecule is CS(=O)(=O)c1ccccc1C(=O)Nc1ccc2c(c1)OC(F)(F)O2. The van der Waals surface area contributed by atoms with E-state index in [0.29, 0.717) is 0 Å². The quantitative estimate of drug-likeness (QED) is 0.915. The molecule has 0 aliphatic carbocycles. The minimum Gasteiger partial charge on any atom is -0.395 e. The lowest BCUT2D eigenvalue weighted by molar-refractivity contribution is -0.286. The van der Waals surface area contributed by atoms with Crippen molar-refractivity contribution in [2.45, 2.75) is 11.2 Å². The number of carbonyl (C=O) groups is 1. The molecule has 0 radical (unpaired) electrons. The van der Waals surface area contributed by atoms with E-state index < -0.39 is 22.0 Å². The average Bonchev–Trinajstić information content (AvgIpc) is 2.79. The summed E-state index contributed by atoms with van der Waals surface area (Å²) in [5.74, 6) is -1.08. The van der Waals surface area contributed by atoms with Crippen molar-refractivity contribution in [3.05, 3.63) is 48.0 Å². The molecule has 1 aliphatic heterocycles. The lowest BCUT2D eigenvalue weighted by Gasteiger charge is -2.09. The minimum atomic E-state index is -3.76. The third-order valence-electron chi connectivity index (χ3n) is 3.19. The number of amides is 1. The fourth-order valence-corrected chi connectivity index (χ4v) is 3.09. The summed E-state index contributed by atoms with van der Waals surface area (Å²) < 4.78 is 58.0. The van der Waals surface area contributed by atoms with Crippen LogP contribution in [0.25, 0.3) is 0 Å². The highest BCUT2D eigenvalue weighted by Gasteiger charge is 2.43. The third kappa shape index (κ3) is 3.16. The van der Waals surface area contributed by atoms with Gasteiger partial charge in [-0.25, -0.2) is 8.42 Å². The molecular weight excluding hydrogens is 344 g/mol. The van der Waals surface area contributed by atoms with Crippen LogP contribution in [-0.4, -0.2) is 26.9 Å². The Kier molecular flexibility index (Phi) is 3.67. The molecule has 1 heterocycles. The number of hydrogen-bond donors (Lipinski definition) is 1. The molecule has 0 saturated heterocycles. The summed E-state index contributed by atoms with van der Waals surface area (Å²) in [6, 6.07) is 9.40. The number of nitrogens with one attached hydrogen (secondary N) is 1. The van der Waals surface area contributed by atoms with Gasteiger partial charge in [0.2, 0.25) is 0 Å². The lowest BCUT2D eigenvalue weighted by atomic mass is 10.2. The van der Waals surface area contributed by atoms with Crippen LogP contribution in [0.15, 0.2) is 47.4 Å². The Hall–Kier alpha value is -2.68. The molecule has 0 aromatic heterocycles. The van der Waals surface area contributed by atoms with Gasteiger partial charge in [-0.2, -0.15) is 0 Å². The number of ether oxygens (including phenoxy) is 2. The van der Waals surface area contributed by atoms with E-state index in [1.54, 1.807) is 0 Å². The fraction of sp³-hybridized carbons (Fsp3) is 0.133. The predicted molar refractivity (Wildman–Crippen MR) is 80.2 cm³/mol. The highest BCUT2D eigenvalue weighted by Crippen LogP contribution is 2.42. The van der Waals surface area contributed by atoms with Gasteiger partial charge in [0.1, 0.15) is 0 Å². The number of carbonyl (C=O) groups excluding carboxylic acids is 1. The molecule has 1 amide bonds. The normalized spacial score (nSPS) is 15.1. The number of hydrogen-bond acceptors (Lipinski definition) is 5. The summed E-state index contributed by atoms with van der Waals surface area (Å²) in [5, 5.41) is 2.44. The first-order valence-corrected chi connectivity index (χ1v) is 8.55. The van der Waals surface area contributed by atoms with E-state index in [2.05, 4.69) is 14.8 Å². The summed E-state index contributed by atoms with van der Waals surface area (Å²) in [5.41, 5.74) is 0.103. The number of fused-ring (bicyclic) bond motifs is 1. The van der Waals surface area contributed by atoms with Crippen molar-refractivity contribution >= 4 is 21.4 Å². The molecule has 0 saturated carbocycles. The van der Waals surface area contributed by atoms with Crippen LogP contribution in [0.2, 0.25) is 0 Å². The molecule has 0 unspecified atom stereocenters. The van der Waals surface area contributed by atoms with Crippen LogP contribution in [0, 0.1) is 0 Å². The Morgan fingerprint density at radius 2 is 1.75 bits per heavy atom. The molecule has 6 nitrogen and oxygen atoms in total. The molecule has 0 atom stereocenters. The van der Waals surface area contributed by atoms with Crippen LogP contribution in [0.5, 0.6) is 11.5 Å². The highest BCUT2D eigenvalue weighted by atomic mass is 32.2. The van der Waals surface area contributed by atoms with Gasteiger partial charge in [0.05, 0.1) is 10.5 Å². The van der Waals surface area contributed by atoms with Crippen molar-refractivity contribution in [1.29, 1.82) is 0 Å². The second-order valence-corrected chi connectivity index (χ2v) is 7.04. The maximum atomic E-state index is 13.0. The number of benzene rings is 2. The van der Waals surface area contributed by atoms with Crippen molar-refractivity contribution in [2.75, 3.05) is 11.6 Å². The smallest absolute Gasteiger partial charge is 0.395 e. The molecule has 0 spiro atoms. The van der Waals surface area contributed by atoms with Gasteiger partial charge in [0, 0.05) is 18.0 Å². The molecule has 1 N–H and O–H groups in total. The maximum Gasteiger partial charge on any atom is 0.586 e. The van der Waals surface area contributed by atoms with E-state index in [9.17, 15) is 22.0 Å². The standard InChI is InChI=1S/C15H11F2NO5S/c1-24(20,21)13-5-3-2-4-10(13)14(19)18-9-6-7-11-12(8-9)23-15(16,17)22-11/h2-8H,1H3,(H,18,19). The minimum absolute atomic E-state index is 0.0528. The van der Waals surface area contributed by atoms with Crippen LogP contribution in [0.1, 0.15) is 10.4 Å². The van der Waals surface area contributed by atoms with Gasteiger partial charge in [-0.3, -0.25) is 4.79 Å². The van der Waals surface area contributed by atoms with Gasteiger partial charge >= 0.3 is 6.29 Å². The zero-order valence-corrected chi connectivity index (χ0v) is 13.1. The maximum absolute atomic E-state index is 13.0. The average molecular weight is 355 g/mol. The number of sulfone groups is 1. The Balaban J connectivity index is 1.88. The first kappa shape index (κ1) is 16.2. The number of alkyl halides is 2. The van der Waals surface area contributed by atoms with Crippen molar-refractivity contribution in [1.82, 2.24) is 0 Å². The van der Waals surface area contributed by atoms with E-state index in [-0.39, 0.29) is 27.6 Å². The molecule has 0 bridgehead atoms. The summed E-state index contributed by atoms with van der Waals surface area (Å²) in [6.07, 6.45) is -2.77. The largest absolute Gasteiger partial charge is 0.586 e. The summed E-state index contributed by atoms with van der Waals surface area (Å²) in [6.45, 7) is 0. The molecule has 2 aromatic carbocycles. The monoisotopic (exact) mass is 355 g/mol. The van der Waals surface area contributed by atoms with E-state index >= 15 is 0 Å². The fourth-order valence-electron chi connectivity index (χ4n) is 2.20. The Bertz CT molecular complexity index is 927. The Morgan fingerprint density at radius 3 is 2.46 bits per heavy atom. The predicted octanol–water partition coefficient (Wildman–Crippen LogP) is 2.66. The zero-order chi connectivity index (χ0) is 17.5. The van der Waals surface area contributed by atoms with Crippen LogP contribution in [0.3, 0.4) is 0 Å². The number of rotatable bonds is 3. The van der Waals surface area contributed by atoms with Crippen molar-refractivity contribution in [3.63, 3.8) is 0 Å². The lowest BCUT2D eigenvalue weighted by Crippen LogP contribution is -2.25. The van der Waals surface area contributed by atoms with E-state index in [0.717, 1.165) is 12.3 Å². The molecule has 0 fully saturated rings. The van der Waals surface area contributed by atoms with Gasteiger partial charge in [-0.1, -0.05) is 12.1 Å². The van der Waals surface area contributed by atoms with E-state index in [1.807, 2.05) is 0 Å². The summed E-state index contributed by atoms with van der Waals surface area (Å²) in [7, 11) is -3.60. The molecule has 3 rings (SSSR count). The molecule has 2 aromatic rings. The zero-order valence-electron chi connectivity index (χ0n) is 12.2.